The normalized spacial score (nSPS) is 24.1. The average Bonchev–Trinajstić information content (AvgIpc) is 3.15. The van der Waals surface area contributed by atoms with Gasteiger partial charge in [-0.15, -0.1) is 0 Å². The Labute approximate surface area is 181 Å². The molecule has 3 heterocycles. The maximum absolute atomic E-state index is 11.3. The molecule has 3 unspecified atom stereocenters. The van der Waals surface area contributed by atoms with Crippen molar-refractivity contribution in [2.24, 2.45) is 13.0 Å². The van der Waals surface area contributed by atoms with Crippen LogP contribution in [-0.4, -0.2) is 49.8 Å². The van der Waals surface area contributed by atoms with Crippen LogP contribution in [-0.2, 0) is 27.9 Å². The summed E-state index contributed by atoms with van der Waals surface area (Å²) in [6, 6.07) is 0. The van der Waals surface area contributed by atoms with Gasteiger partial charge >= 0.3 is 5.97 Å². The van der Waals surface area contributed by atoms with Gasteiger partial charge in [-0.3, -0.25) is 9.48 Å². The van der Waals surface area contributed by atoms with Gasteiger partial charge in [0.2, 0.25) is 0 Å². The molecule has 1 aliphatic carbocycles. The number of rotatable bonds is 7. The molecule has 1 aliphatic heterocycles. The van der Waals surface area contributed by atoms with E-state index in [1.54, 1.807) is 17.1 Å². The van der Waals surface area contributed by atoms with Crippen molar-refractivity contribution >= 4 is 5.97 Å². The number of carbonyl (C=O) groups is 1. The highest BCUT2D eigenvalue weighted by molar-refractivity contribution is 5.70. The second kappa shape index (κ2) is 9.74. The molecular weight excluding hydrogens is 400 g/mol. The van der Waals surface area contributed by atoms with E-state index in [4.69, 9.17) is 14.2 Å². The Hall–Kier alpha value is -2.52. The number of aliphatic carboxylic acids is 1. The number of nitrogens with zero attached hydrogens (tertiary/aromatic N) is 4. The molecule has 2 aliphatic rings. The van der Waals surface area contributed by atoms with E-state index in [0.29, 0.717) is 36.7 Å². The first-order valence-corrected chi connectivity index (χ1v) is 11.0. The quantitative estimate of drug-likeness (QED) is 0.713. The fourth-order valence-corrected chi connectivity index (χ4v) is 4.19. The number of carboxylic acids is 1. The zero-order valence-electron chi connectivity index (χ0n) is 18.1. The van der Waals surface area contributed by atoms with E-state index < -0.39 is 5.97 Å². The molecule has 2 aromatic rings. The molecular formula is C22H30N4O5. The minimum absolute atomic E-state index is 0.124. The van der Waals surface area contributed by atoms with Crippen LogP contribution in [0.3, 0.4) is 0 Å². The Morgan fingerprint density at radius 1 is 1.26 bits per heavy atom. The van der Waals surface area contributed by atoms with Crippen LogP contribution in [0.4, 0.5) is 0 Å². The van der Waals surface area contributed by atoms with Gasteiger partial charge in [0, 0.05) is 13.7 Å². The molecule has 1 N–H and O–H groups in total. The lowest BCUT2D eigenvalue weighted by molar-refractivity contribution is -0.169. The van der Waals surface area contributed by atoms with Gasteiger partial charge in [0.15, 0.2) is 17.9 Å². The van der Waals surface area contributed by atoms with E-state index >= 15 is 0 Å². The Balaban J connectivity index is 1.45. The first-order valence-electron chi connectivity index (χ1n) is 11.0. The van der Waals surface area contributed by atoms with Gasteiger partial charge < -0.3 is 19.3 Å². The van der Waals surface area contributed by atoms with E-state index in [0.717, 1.165) is 50.0 Å². The standard InChI is InChI=1S/C22H30N4O5/c1-14-19(31-16-7-5-6-15(10-16)22(27)28)12-23-21(25-14)17-11-24-26(2)18(17)13-30-20-8-3-4-9-29-20/h11-12,15-16,20H,3-10,13H2,1-2H3,(H,27,28). The van der Waals surface area contributed by atoms with Crippen molar-refractivity contribution in [2.45, 2.75) is 70.9 Å². The predicted octanol–water partition coefficient (Wildman–Crippen LogP) is 3.25. The number of aryl methyl sites for hydroxylation is 2. The fraction of sp³-hybridized carbons (Fsp3) is 0.636. The van der Waals surface area contributed by atoms with Crippen molar-refractivity contribution in [3.05, 3.63) is 23.8 Å². The summed E-state index contributed by atoms with van der Waals surface area (Å²) in [4.78, 5) is 20.4. The summed E-state index contributed by atoms with van der Waals surface area (Å²) in [5.41, 5.74) is 2.42. The van der Waals surface area contributed by atoms with Crippen LogP contribution in [0.1, 0.15) is 56.3 Å². The van der Waals surface area contributed by atoms with Crippen LogP contribution in [0.5, 0.6) is 5.75 Å². The second-order valence-electron chi connectivity index (χ2n) is 8.32. The Bertz CT molecular complexity index is 909. The summed E-state index contributed by atoms with van der Waals surface area (Å²) in [5, 5.41) is 13.6. The zero-order valence-corrected chi connectivity index (χ0v) is 18.1. The molecule has 3 atom stereocenters. The van der Waals surface area contributed by atoms with E-state index in [-0.39, 0.29) is 18.3 Å². The van der Waals surface area contributed by atoms with Gasteiger partial charge in [0.25, 0.3) is 0 Å². The van der Waals surface area contributed by atoms with Gasteiger partial charge in [-0.1, -0.05) is 0 Å². The highest BCUT2D eigenvalue weighted by atomic mass is 16.7. The van der Waals surface area contributed by atoms with Crippen molar-refractivity contribution in [3.8, 4) is 17.1 Å². The van der Waals surface area contributed by atoms with Crippen molar-refractivity contribution in [2.75, 3.05) is 6.61 Å². The lowest BCUT2D eigenvalue weighted by atomic mass is 9.87. The third kappa shape index (κ3) is 5.22. The van der Waals surface area contributed by atoms with Crippen molar-refractivity contribution < 1.29 is 24.1 Å². The Morgan fingerprint density at radius 2 is 2.13 bits per heavy atom. The molecule has 168 valence electrons. The zero-order chi connectivity index (χ0) is 21.8. The van der Waals surface area contributed by atoms with Gasteiger partial charge in [-0.2, -0.15) is 5.10 Å². The van der Waals surface area contributed by atoms with Gasteiger partial charge in [-0.05, 0) is 51.9 Å². The van der Waals surface area contributed by atoms with Crippen LogP contribution in [0.25, 0.3) is 11.4 Å². The monoisotopic (exact) mass is 430 g/mol. The van der Waals surface area contributed by atoms with Gasteiger partial charge in [0.1, 0.15) is 0 Å². The van der Waals surface area contributed by atoms with Crippen LogP contribution in [0.15, 0.2) is 12.4 Å². The Morgan fingerprint density at radius 3 is 2.87 bits per heavy atom. The summed E-state index contributed by atoms with van der Waals surface area (Å²) < 4.78 is 19.4. The molecule has 0 amide bonds. The highest BCUT2D eigenvalue weighted by Crippen LogP contribution is 2.30. The molecule has 0 bridgehead atoms. The van der Waals surface area contributed by atoms with Crippen LogP contribution < -0.4 is 4.74 Å². The molecule has 9 heteroatoms. The van der Waals surface area contributed by atoms with Gasteiger partial charge in [-0.25, -0.2) is 9.97 Å². The SMILES string of the molecule is Cc1nc(-c2cnn(C)c2COC2CCCCO2)ncc1OC1CCCC(C(=O)O)C1. The largest absolute Gasteiger partial charge is 0.487 e. The number of carboxylic acid groups (broad SMARTS) is 1. The minimum atomic E-state index is -0.749. The first kappa shape index (κ1) is 21.7. The number of aromatic nitrogens is 4. The van der Waals surface area contributed by atoms with Gasteiger partial charge in [0.05, 0.1) is 48.0 Å². The summed E-state index contributed by atoms with van der Waals surface area (Å²) >= 11 is 0. The van der Waals surface area contributed by atoms with Crippen molar-refractivity contribution in [1.29, 1.82) is 0 Å². The summed E-state index contributed by atoms with van der Waals surface area (Å²) in [6.45, 7) is 2.98. The number of ether oxygens (including phenoxy) is 3. The topological polar surface area (TPSA) is 109 Å². The molecule has 9 nitrogen and oxygen atoms in total. The average molecular weight is 431 g/mol. The lowest BCUT2D eigenvalue weighted by Gasteiger charge is -2.27. The van der Waals surface area contributed by atoms with Crippen LogP contribution in [0, 0.1) is 12.8 Å². The second-order valence-corrected chi connectivity index (χ2v) is 8.32. The van der Waals surface area contributed by atoms with Crippen LogP contribution >= 0.6 is 0 Å². The summed E-state index contributed by atoms with van der Waals surface area (Å²) in [7, 11) is 1.87. The van der Waals surface area contributed by atoms with Crippen LogP contribution in [0.2, 0.25) is 0 Å². The minimum Gasteiger partial charge on any atom is -0.487 e. The smallest absolute Gasteiger partial charge is 0.306 e. The van der Waals surface area contributed by atoms with E-state index in [1.807, 2.05) is 14.0 Å². The van der Waals surface area contributed by atoms with E-state index in [1.165, 1.54) is 0 Å². The summed E-state index contributed by atoms with van der Waals surface area (Å²) in [5.74, 6) is 0.0668. The lowest BCUT2D eigenvalue weighted by Crippen LogP contribution is -2.29. The molecule has 0 spiro atoms. The predicted molar refractivity (Wildman–Crippen MR) is 111 cm³/mol. The summed E-state index contributed by atoms with van der Waals surface area (Å²) in [6.07, 6.45) is 9.13. The maximum Gasteiger partial charge on any atom is 0.306 e. The Kier molecular flexibility index (Phi) is 6.82. The molecule has 2 aromatic heterocycles. The third-order valence-electron chi connectivity index (χ3n) is 6.05. The molecule has 31 heavy (non-hydrogen) atoms. The first-order chi connectivity index (χ1) is 15.0. The molecule has 1 saturated carbocycles. The van der Waals surface area contributed by atoms with Crippen molar-refractivity contribution in [1.82, 2.24) is 19.7 Å². The molecule has 0 radical (unpaired) electrons. The molecule has 1 saturated heterocycles. The molecule has 2 fully saturated rings. The molecule has 4 rings (SSSR count). The number of hydrogen-bond donors (Lipinski definition) is 1. The van der Waals surface area contributed by atoms with Crippen molar-refractivity contribution in [3.63, 3.8) is 0 Å². The molecule has 0 aromatic carbocycles. The fourth-order valence-electron chi connectivity index (χ4n) is 4.19. The third-order valence-corrected chi connectivity index (χ3v) is 6.05. The maximum atomic E-state index is 11.3. The number of hydrogen-bond acceptors (Lipinski definition) is 7. The van der Waals surface area contributed by atoms with E-state index in [9.17, 15) is 9.90 Å². The van der Waals surface area contributed by atoms with E-state index in [2.05, 4.69) is 15.1 Å². The highest BCUT2D eigenvalue weighted by Gasteiger charge is 2.28.